The Hall–Kier alpha value is -1.13. The van der Waals surface area contributed by atoms with Crippen LogP contribution in [0.1, 0.15) is 41.5 Å². The summed E-state index contributed by atoms with van der Waals surface area (Å²) in [4.78, 5) is 121. The Labute approximate surface area is 437 Å². The van der Waals surface area contributed by atoms with Crippen molar-refractivity contribution in [1.82, 2.24) is 10.6 Å². The molecule has 334 valence electrons. The summed E-state index contributed by atoms with van der Waals surface area (Å²) < 4.78 is 16.4. The average molecular weight is 1570 g/mol. The number of hydrogen-bond acceptors (Lipinski definition) is 16. The highest BCUT2D eigenvalue weighted by Crippen LogP contribution is 2.38. The Bertz CT molecular complexity index is 1980. The van der Waals surface area contributed by atoms with Crippen LogP contribution in [0.3, 0.4) is 0 Å². The molecule has 0 radical (unpaired) electrons. The van der Waals surface area contributed by atoms with E-state index in [0.717, 1.165) is 20.8 Å². The van der Waals surface area contributed by atoms with Crippen molar-refractivity contribution in [3.63, 3.8) is 0 Å². The molecule has 6 N–H and O–H groups in total. The number of anilines is 2. The van der Waals surface area contributed by atoms with Crippen molar-refractivity contribution in [2.75, 3.05) is 36.1 Å². The molecule has 4 unspecified atom stereocenters. The van der Waals surface area contributed by atoms with Crippen LogP contribution >= 0.6 is 159 Å². The average Bonchev–Trinajstić information content (AvgIpc) is 3.15. The van der Waals surface area contributed by atoms with Gasteiger partial charge in [0.15, 0.2) is 6.10 Å². The number of aliphatic hydroxyl groups is 4. The van der Waals surface area contributed by atoms with E-state index in [1.807, 2.05) is 0 Å². The van der Waals surface area contributed by atoms with Gasteiger partial charge in [-0.15, -0.1) is 0 Å². The fraction of sp³-hybridized carbons (Fsp3) is 0.364. The molecule has 0 aromatic heterocycles. The van der Waals surface area contributed by atoms with Gasteiger partial charge in [0.2, 0.25) is 12.2 Å². The second kappa shape index (κ2) is 25.5. The van der Waals surface area contributed by atoms with Crippen molar-refractivity contribution in [3.8, 4) is 0 Å². The Morgan fingerprint density at radius 1 is 0.590 bits per heavy atom. The van der Waals surface area contributed by atoms with Gasteiger partial charge in [-0.25, -0.2) is 9.80 Å². The lowest BCUT2D eigenvalue weighted by atomic mass is 10.0. The van der Waals surface area contributed by atoms with E-state index in [1.165, 1.54) is 12.1 Å². The molecule has 0 aliphatic heterocycles. The van der Waals surface area contributed by atoms with Crippen LogP contribution in [0.15, 0.2) is 12.1 Å². The van der Waals surface area contributed by atoms with Gasteiger partial charge >= 0.3 is 28.6 Å². The molecule has 6 amide bonds. The molecule has 4 atom stereocenters. The number of carbonyl (C=O) groups excluding carboxylic acids is 9. The van der Waals surface area contributed by atoms with Crippen molar-refractivity contribution < 1.29 is 77.8 Å². The number of nitrogens with zero attached hydrogens (tertiary/aromatic N) is 2. The van der Waals surface area contributed by atoms with Gasteiger partial charge in [-0.3, -0.25) is 43.2 Å². The predicted molar refractivity (Wildman–Crippen MR) is 264 cm³/mol. The molecule has 20 nitrogen and oxygen atoms in total. The summed E-state index contributed by atoms with van der Waals surface area (Å²) in [5, 5.41) is 39.5. The molecular weight excluding hydrogens is 1540 g/mol. The van der Waals surface area contributed by atoms with Gasteiger partial charge in [-0.2, -0.15) is 0 Å². The van der Waals surface area contributed by atoms with Crippen molar-refractivity contribution in [2.45, 2.75) is 51.3 Å². The van der Waals surface area contributed by atoms with Gasteiger partial charge < -0.3 is 45.3 Å². The Kier molecular flexibility index (Phi) is 23.4. The van der Waals surface area contributed by atoms with Gasteiger partial charge in [0, 0.05) is 48.1 Å². The van der Waals surface area contributed by atoms with Crippen LogP contribution in [0.25, 0.3) is 0 Å². The van der Waals surface area contributed by atoms with Crippen LogP contribution in [0.2, 0.25) is 0 Å². The molecule has 0 saturated heterocycles. The van der Waals surface area contributed by atoms with E-state index in [4.69, 9.17) is 37.4 Å². The number of rotatable bonds is 17. The zero-order valence-corrected chi connectivity index (χ0v) is 45.4. The number of benzene rings is 2. The van der Waals surface area contributed by atoms with Crippen LogP contribution in [-0.2, 0) is 38.2 Å². The number of ether oxygens (including phenoxy) is 3. The standard InChI is InChI=1S/C33H30Cl2I6N4O16/c1-10(48)59-25(26(60-11(2)49)30(55)44(32(34)57)23-17(38)4-15(36)19(21(23)40)28(53)42-6-13(51)8-46)27(61-12(3)50)31(56)45(33(35)58)24-18(39)5-16(37)20(22(24)41)29(54)43-7-14(52)9-47/h4-5,13-14,25-27,46-47,51-52H,6-9H2,1-3H3,(H,42,53)(H,43,54). The first kappa shape index (κ1) is 56.0. The maximum Gasteiger partial charge on any atom is 0.327 e. The van der Waals surface area contributed by atoms with E-state index in [2.05, 4.69) is 10.6 Å². The van der Waals surface area contributed by atoms with E-state index in [-0.39, 0.29) is 53.7 Å². The second-order valence-corrected chi connectivity index (χ2v) is 19.3. The van der Waals surface area contributed by atoms with Crippen LogP contribution in [0, 0.1) is 21.4 Å². The van der Waals surface area contributed by atoms with Gasteiger partial charge in [-0.1, -0.05) is 0 Å². The number of carbonyl (C=O) groups is 9. The Morgan fingerprint density at radius 3 is 1.16 bits per heavy atom. The molecule has 2 rings (SSSR count). The van der Waals surface area contributed by atoms with Crippen molar-refractivity contribution >= 4 is 222 Å². The van der Waals surface area contributed by atoms with Crippen LogP contribution < -0.4 is 20.4 Å². The minimum absolute atomic E-state index is 0.0893. The van der Waals surface area contributed by atoms with E-state index in [0.29, 0.717) is 0 Å². The van der Waals surface area contributed by atoms with Crippen molar-refractivity contribution in [2.24, 2.45) is 0 Å². The van der Waals surface area contributed by atoms with Crippen molar-refractivity contribution in [3.05, 3.63) is 44.7 Å². The lowest BCUT2D eigenvalue weighted by Crippen LogP contribution is -2.59. The third-order valence-electron chi connectivity index (χ3n) is 7.37. The molecule has 0 aliphatic carbocycles. The number of halogens is 8. The number of aliphatic hydroxyl groups excluding tert-OH is 4. The Morgan fingerprint density at radius 2 is 0.902 bits per heavy atom. The SMILES string of the molecule is CC(=O)OC(C(=O)N(C(=O)Cl)c1c(I)cc(I)c(C(=O)NCC(O)CO)c1I)C(OC(C)=O)C(OC(C)=O)C(=O)N(C(=O)Cl)c1c(I)cc(I)c(C(=O)NCC(O)CO)c1I. The normalized spacial score (nSPS) is 13.4. The highest BCUT2D eigenvalue weighted by atomic mass is 127. The van der Waals surface area contributed by atoms with E-state index < -0.39 is 109 Å². The first-order valence-corrected chi connectivity index (χ1v) is 23.6. The second-order valence-electron chi connectivity index (χ2n) is 11.8. The molecule has 61 heavy (non-hydrogen) atoms. The van der Waals surface area contributed by atoms with Gasteiger partial charge in [0.25, 0.3) is 23.6 Å². The first-order chi connectivity index (χ1) is 28.3. The monoisotopic (exact) mass is 1570 g/mol. The molecule has 0 aliphatic rings. The van der Waals surface area contributed by atoms with Crippen molar-refractivity contribution in [1.29, 1.82) is 0 Å². The van der Waals surface area contributed by atoms with Crippen LogP contribution in [-0.4, -0.2) is 130 Å². The summed E-state index contributed by atoms with van der Waals surface area (Å²) >= 11 is 22.2. The maximum absolute atomic E-state index is 14.7. The summed E-state index contributed by atoms with van der Waals surface area (Å²) in [6, 6.07) is 2.70. The van der Waals surface area contributed by atoms with E-state index in [9.17, 15) is 63.6 Å². The molecule has 28 heteroatoms. The summed E-state index contributed by atoms with van der Waals surface area (Å²) in [6.45, 7) is 0.177. The van der Waals surface area contributed by atoms with E-state index >= 15 is 0 Å². The zero-order chi connectivity index (χ0) is 46.8. The number of hydrogen-bond donors (Lipinski definition) is 6. The molecule has 2 aromatic rings. The lowest BCUT2D eigenvalue weighted by Gasteiger charge is -2.34. The summed E-state index contributed by atoms with van der Waals surface area (Å²) in [5.74, 6) is -8.77. The number of amides is 6. The fourth-order valence-electron chi connectivity index (χ4n) is 4.88. The minimum atomic E-state index is -2.61. The molecule has 0 fully saturated rings. The number of esters is 3. The number of imide groups is 2. The fourth-order valence-corrected chi connectivity index (χ4v) is 13.9. The largest absolute Gasteiger partial charge is 0.453 e. The van der Waals surface area contributed by atoms with Gasteiger partial charge in [-0.05, 0) is 171 Å². The topological polar surface area (TPSA) is 293 Å². The summed E-state index contributed by atoms with van der Waals surface area (Å²) in [5.41, 5.74) is -1.07. The molecule has 0 heterocycles. The smallest absolute Gasteiger partial charge is 0.327 e. The maximum atomic E-state index is 14.7. The molecule has 0 saturated carbocycles. The quantitative estimate of drug-likeness (QED) is 0.0435. The third kappa shape index (κ3) is 14.9. The first-order valence-electron chi connectivity index (χ1n) is 16.4. The molecule has 0 bridgehead atoms. The number of nitrogens with one attached hydrogen (secondary N) is 2. The zero-order valence-electron chi connectivity index (χ0n) is 31.0. The highest BCUT2D eigenvalue weighted by molar-refractivity contribution is 14.1. The lowest BCUT2D eigenvalue weighted by molar-refractivity contribution is -0.186. The van der Waals surface area contributed by atoms with Crippen LogP contribution in [0.5, 0.6) is 0 Å². The summed E-state index contributed by atoms with van der Waals surface area (Å²) in [6.07, 6.45) is -10.4. The molecule has 2 aromatic carbocycles. The molecular formula is C33H30Cl2I6N4O16. The van der Waals surface area contributed by atoms with E-state index in [1.54, 1.807) is 136 Å². The molecule has 0 spiro atoms. The van der Waals surface area contributed by atoms with Gasteiger partial charge in [0.05, 0.1) is 55.1 Å². The highest BCUT2D eigenvalue weighted by Gasteiger charge is 2.51. The van der Waals surface area contributed by atoms with Crippen LogP contribution in [0.4, 0.5) is 21.0 Å². The minimum Gasteiger partial charge on any atom is -0.453 e. The Balaban J connectivity index is 2.97. The third-order valence-corrected chi connectivity index (χ3v) is 13.2. The van der Waals surface area contributed by atoms with Gasteiger partial charge in [0.1, 0.15) is 0 Å². The predicted octanol–water partition coefficient (Wildman–Crippen LogP) is 3.36. The summed E-state index contributed by atoms with van der Waals surface area (Å²) in [7, 11) is 0.